The molecule has 78 valence electrons. The topological polar surface area (TPSA) is 29.5 Å². The van der Waals surface area contributed by atoms with Crippen LogP contribution in [0.5, 0.6) is 5.75 Å². The molecule has 1 aromatic rings. The van der Waals surface area contributed by atoms with Gasteiger partial charge in [0.05, 0.1) is 13.2 Å². The van der Waals surface area contributed by atoms with Crippen LogP contribution in [0.15, 0.2) is 18.2 Å². The van der Waals surface area contributed by atoms with Gasteiger partial charge < -0.3 is 9.84 Å². The van der Waals surface area contributed by atoms with Crippen LogP contribution in [-0.4, -0.2) is 11.7 Å². The molecule has 0 saturated carbocycles. The Morgan fingerprint density at radius 3 is 2.79 bits per heavy atom. The van der Waals surface area contributed by atoms with E-state index in [9.17, 15) is 0 Å². The number of aliphatic hydroxyl groups excluding tert-OH is 1. The van der Waals surface area contributed by atoms with Gasteiger partial charge in [0.25, 0.3) is 0 Å². The van der Waals surface area contributed by atoms with E-state index in [0.29, 0.717) is 11.6 Å². The second-order valence-electron chi connectivity index (χ2n) is 3.16. The van der Waals surface area contributed by atoms with Crippen molar-refractivity contribution in [2.45, 2.75) is 26.4 Å². The van der Waals surface area contributed by atoms with Gasteiger partial charge in [-0.25, -0.2) is 0 Å². The van der Waals surface area contributed by atoms with E-state index in [2.05, 4.69) is 6.92 Å². The molecule has 0 radical (unpaired) electrons. The first-order chi connectivity index (χ1) is 6.76. The Balaban J connectivity index is 2.62. The number of hydrogen-bond donors (Lipinski definition) is 1. The fraction of sp³-hybridized carbons (Fsp3) is 0.455. The minimum absolute atomic E-state index is 0.00923. The molecular weight excluding hydrogens is 200 g/mol. The van der Waals surface area contributed by atoms with Crippen molar-refractivity contribution in [1.29, 1.82) is 0 Å². The summed E-state index contributed by atoms with van der Waals surface area (Å²) in [6.07, 6.45) is 2.13. The summed E-state index contributed by atoms with van der Waals surface area (Å²) in [7, 11) is 0. The quantitative estimate of drug-likeness (QED) is 0.764. The molecule has 0 amide bonds. The summed E-state index contributed by atoms with van der Waals surface area (Å²) in [5.74, 6) is 0.731. The number of benzene rings is 1. The van der Waals surface area contributed by atoms with E-state index >= 15 is 0 Å². The van der Waals surface area contributed by atoms with Crippen molar-refractivity contribution >= 4 is 11.6 Å². The van der Waals surface area contributed by atoms with E-state index < -0.39 is 0 Å². The van der Waals surface area contributed by atoms with E-state index in [1.54, 1.807) is 12.1 Å². The standard InChI is InChI=1S/C11H15ClO2/c1-2-3-4-14-11-6-9(8-13)5-10(12)7-11/h5-7,13H,2-4,8H2,1H3. The molecule has 0 aliphatic rings. The molecule has 3 heteroatoms. The molecule has 0 bridgehead atoms. The number of rotatable bonds is 5. The second kappa shape index (κ2) is 5.89. The lowest BCUT2D eigenvalue weighted by atomic mass is 10.2. The molecule has 0 aliphatic carbocycles. The van der Waals surface area contributed by atoms with E-state index in [1.807, 2.05) is 6.07 Å². The fourth-order valence-corrected chi connectivity index (χ4v) is 1.38. The van der Waals surface area contributed by atoms with Gasteiger partial charge in [-0.3, -0.25) is 0 Å². The van der Waals surface area contributed by atoms with Crippen LogP contribution in [-0.2, 0) is 6.61 Å². The molecule has 1 N–H and O–H groups in total. The molecule has 0 aromatic heterocycles. The predicted molar refractivity (Wildman–Crippen MR) is 57.8 cm³/mol. The molecule has 1 aromatic carbocycles. The lowest BCUT2D eigenvalue weighted by Gasteiger charge is -2.07. The highest BCUT2D eigenvalue weighted by Gasteiger charge is 1.99. The first-order valence-electron chi connectivity index (χ1n) is 4.79. The minimum Gasteiger partial charge on any atom is -0.494 e. The third-order valence-corrected chi connectivity index (χ3v) is 2.10. The molecule has 1 rings (SSSR count). The minimum atomic E-state index is -0.00923. The highest BCUT2D eigenvalue weighted by molar-refractivity contribution is 6.30. The highest BCUT2D eigenvalue weighted by atomic mass is 35.5. The average molecular weight is 215 g/mol. The summed E-state index contributed by atoms with van der Waals surface area (Å²) in [6, 6.07) is 5.30. The molecule has 0 unspecified atom stereocenters. The molecule has 0 aliphatic heterocycles. The van der Waals surface area contributed by atoms with Gasteiger partial charge in [-0.2, -0.15) is 0 Å². The van der Waals surface area contributed by atoms with Crippen molar-refractivity contribution in [2.75, 3.05) is 6.61 Å². The Labute approximate surface area is 89.5 Å². The smallest absolute Gasteiger partial charge is 0.121 e. The Kier molecular flexibility index (Phi) is 4.77. The van der Waals surface area contributed by atoms with Crippen molar-refractivity contribution in [3.05, 3.63) is 28.8 Å². The molecule has 0 saturated heterocycles. The molecular formula is C11H15ClO2. The number of aliphatic hydroxyl groups is 1. The molecule has 2 nitrogen and oxygen atoms in total. The van der Waals surface area contributed by atoms with Gasteiger partial charge in [0.15, 0.2) is 0 Å². The summed E-state index contributed by atoms with van der Waals surface area (Å²) in [6.45, 7) is 2.80. The van der Waals surface area contributed by atoms with Crippen molar-refractivity contribution in [1.82, 2.24) is 0 Å². The van der Waals surface area contributed by atoms with E-state index in [1.165, 1.54) is 0 Å². The van der Waals surface area contributed by atoms with Crippen LogP contribution in [0.25, 0.3) is 0 Å². The maximum Gasteiger partial charge on any atom is 0.121 e. The number of ether oxygens (including phenoxy) is 1. The number of unbranched alkanes of at least 4 members (excludes halogenated alkanes) is 1. The van der Waals surface area contributed by atoms with Crippen molar-refractivity contribution in [3.63, 3.8) is 0 Å². The predicted octanol–water partition coefficient (Wildman–Crippen LogP) is 3.01. The fourth-order valence-electron chi connectivity index (χ4n) is 1.13. The van der Waals surface area contributed by atoms with Gasteiger partial charge in [-0.1, -0.05) is 24.9 Å². The van der Waals surface area contributed by atoms with Crippen LogP contribution in [0.4, 0.5) is 0 Å². The van der Waals surface area contributed by atoms with Gasteiger partial charge in [-0.05, 0) is 30.2 Å². The van der Waals surface area contributed by atoms with E-state index in [0.717, 1.165) is 24.2 Å². The summed E-state index contributed by atoms with van der Waals surface area (Å²) in [5.41, 5.74) is 0.781. The van der Waals surface area contributed by atoms with Crippen molar-refractivity contribution in [2.24, 2.45) is 0 Å². The zero-order valence-corrected chi connectivity index (χ0v) is 9.05. The Bertz CT molecular complexity index is 287. The molecule has 0 atom stereocenters. The van der Waals surface area contributed by atoms with Crippen LogP contribution < -0.4 is 4.74 Å². The Morgan fingerprint density at radius 2 is 2.14 bits per heavy atom. The SMILES string of the molecule is CCCCOc1cc(Cl)cc(CO)c1. The first kappa shape index (κ1) is 11.3. The Hall–Kier alpha value is -0.730. The van der Waals surface area contributed by atoms with Crippen LogP contribution >= 0.6 is 11.6 Å². The van der Waals surface area contributed by atoms with Crippen LogP contribution in [0.1, 0.15) is 25.3 Å². The molecule has 0 spiro atoms. The normalized spacial score (nSPS) is 10.2. The lowest BCUT2D eigenvalue weighted by molar-refractivity contribution is 0.278. The van der Waals surface area contributed by atoms with Crippen LogP contribution in [0, 0.1) is 0 Å². The second-order valence-corrected chi connectivity index (χ2v) is 3.59. The first-order valence-corrected chi connectivity index (χ1v) is 5.17. The third-order valence-electron chi connectivity index (χ3n) is 1.88. The molecule has 0 fully saturated rings. The van der Waals surface area contributed by atoms with Crippen molar-refractivity contribution in [3.8, 4) is 5.75 Å². The molecule has 14 heavy (non-hydrogen) atoms. The maximum absolute atomic E-state index is 8.94. The Morgan fingerprint density at radius 1 is 1.36 bits per heavy atom. The maximum atomic E-state index is 8.94. The lowest BCUT2D eigenvalue weighted by Crippen LogP contribution is -1.97. The van der Waals surface area contributed by atoms with Gasteiger partial charge in [0, 0.05) is 5.02 Å². The van der Waals surface area contributed by atoms with Gasteiger partial charge in [-0.15, -0.1) is 0 Å². The van der Waals surface area contributed by atoms with E-state index in [-0.39, 0.29) is 6.61 Å². The monoisotopic (exact) mass is 214 g/mol. The zero-order valence-electron chi connectivity index (χ0n) is 8.29. The van der Waals surface area contributed by atoms with Gasteiger partial charge in [0.2, 0.25) is 0 Å². The van der Waals surface area contributed by atoms with Gasteiger partial charge >= 0.3 is 0 Å². The van der Waals surface area contributed by atoms with Crippen molar-refractivity contribution < 1.29 is 9.84 Å². The largest absolute Gasteiger partial charge is 0.494 e. The highest BCUT2D eigenvalue weighted by Crippen LogP contribution is 2.21. The van der Waals surface area contributed by atoms with Crippen LogP contribution in [0.2, 0.25) is 5.02 Å². The zero-order chi connectivity index (χ0) is 10.4. The van der Waals surface area contributed by atoms with Crippen LogP contribution in [0.3, 0.4) is 0 Å². The summed E-state index contributed by atoms with van der Waals surface area (Å²) in [5, 5.41) is 9.54. The summed E-state index contributed by atoms with van der Waals surface area (Å²) in [4.78, 5) is 0. The average Bonchev–Trinajstić information content (AvgIpc) is 2.17. The summed E-state index contributed by atoms with van der Waals surface area (Å²) >= 11 is 5.85. The summed E-state index contributed by atoms with van der Waals surface area (Å²) < 4.78 is 5.47. The number of halogens is 1. The van der Waals surface area contributed by atoms with E-state index in [4.69, 9.17) is 21.4 Å². The number of hydrogen-bond acceptors (Lipinski definition) is 2. The van der Waals surface area contributed by atoms with Gasteiger partial charge in [0.1, 0.15) is 5.75 Å². The molecule has 0 heterocycles. The third kappa shape index (κ3) is 3.56.